The summed E-state index contributed by atoms with van der Waals surface area (Å²) >= 11 is 1.41. The van der Waals surface area contributed by atoms with E-state index in [-0.39, 0.29) is 0 Å². The maximum atomic E-state index is 8.50. The third-order valence-corrected chi connectivity index (χ3v) is 1.83. The van der Waals surface area contributed by atoms with Gasteiger partial charge in [-0.25, -0.2) is 4.98 Å². The second-order valence-electron chi connectivity index (χ2n) is 1.69. The smallest absolute Gasteiger partial charge is 0.213 e. The summed E-state index contributed by atoms with van der Waals surface area (Å²) in [5, 5.41) is 12.4. The molecule has 2 aromatic rings. The summed E-state index contributed by atoms with van der Waals surface area (Å²) in [7, 11) is 0. The molecule has 0 saturated heterocycles. The first-order chi connectivity index (χ1) is 4.92. The molecule has 48 valence electrons. The highest BCUT2D eigenvalue weighted by molar-refractivity contribution is 7.14. The molecule has 0 atom stereocenters. The fourth-order valence-corrected chi connectivity index (χ4v) is 1.31. The molecule has 0 N–H and O–H groups in total. The van der Waals surface area contributed by atoms with Crippen LogP contribution in [0.2, 0.25) is 0 Å². The van der Waals surface area contributed by atoms with E-state index in [1.165, 1.54) is 22.0 Å². The topological polar surface area (TPSA) is 54.0 Å². The molecule has 0 unspecified atom stereocenters. The number of aromatic nitrogens is 3. The molecule has 2 heterocycles. The Bertz CT molecular complexity index is 393. The van der Waals surface area contributed by atoms with Crippen LogP contribution in [-0.2, 0) is 0 Å². The number of imidazole rings is 1. The molecule has 0 aliphatic heterocycles. The van der Waals surface area contributed by atoms with Gasteiger partial charge in [-0.05, 0) is 0 Å². The molecular weight excluding hydrogens is 148 g/mol. The van der Waals surface area contributed by atoms with Crippen molar-refractivity contribution in [1.29, 1.82) is 5.26 Å². The van der Waals surface area contributed by atoms with Gasteiger partial charge < -0.3 is 0 Å². The van der Waals surface area contributed by atoms with Crippen LogP contribution in [0.5, 0.6) is 0 Å². The number of hydrogen-bond donors (Lipinski definition) is 0. The van der Waals surface area contributed by atoms with Crippen LogP contribution in [0, 0.1) is 11.3 Å². The van der Waals surface area contributed by atoms with Gasteiger partial charge in [0.2, 0.25) is 4.96 Å². The normalized spacial score (nSPS) is 9.90. The van der Waals surface area contributed by atoms with E-state index in [2.05, 4.69) is 10.1 Å². The van der Waals surface area contributed by atoms with E-state index in [4.69, 9.17) is 5.26 Å². The van der Waals surface area contributed by atoms with Crippen molar-refractivity contribution in [2.24, 2.45) is 0 Å². The number of fused-ring (bicyclic) bond motifs is 1. The molecule has 0 aliphatic carbocycles. The minimum atomic E-state index is 0.483. The van der Waals surface area contributed by atoms with Gasteiger partial charge in [-0.15, -0.1) is 0 Å². The Balaban J connectivity index is 2.92. The highest BCUT2D eigenvalue weighted by Crippen LogP contribution is 2.07. The molecule has 0 radical (unpaired) electrons. The zero-order chi connectivity index (χ0) is 6.97. The maximum Gasteiger partial charge on any atom is 0.213 e. The van der Waals surface area contributed by atoms with Gasteiger partial charge in [-0.3, -0.25) is 0 Å². The van der Waals surface area contributed by atoms with Gasteiger partial charge in [0, 0.05) is 0 Å². The molecule has 0 bridgehead atoms. The second kappa shape index (κ2) is 1.78. The van der Waals surface area contributed by atoms with Crippen LogP contribution in [0.1, 0.15) is 5.69 Å². The van der Waals surface area contributed by atoms with Gasteiger partial charge in [-0.1, -0.05) is 11.3 Å². The first-order valence-electron chi connectivity index (χ1n) is 2.59. The molecule has 10 heavy (non-hydrogen) atoms. The molecule has 0 spiro atoms. The Kier molecular flexibility index (Phi) is 0.960. The third-order valence-electron chi connectivity index (χ3n) is 1.14. The van der Waals surface area contributed by atoms with E-state index in [1.54, 1.807) is 5.51 Å². The number of nitrogens with zero attached hydrogens (tertiary/aromatic N) is 4. The van der Waals surface area contributed by atoms with Gasteiger partial charge in [0.15, 0.2) is 5.69 Å². The monoisotopic (exact) mass is 150 g/mol. The van der Waals surface area contributed by atoms with E-state index in [1.807, 2.05) is 6.07 Å². The lowest BCUT2D eigenvalue weighted by molar-refractivity contribution is 0.955. The van der Waals surface area contributed by atoms with Crippen molar-refractivity contribution < 1.29 is 0 Å². The predicted octanol–water partition coefficient (Wildman–Crippen LogP) is 0.662. The summed E-state index contributed by atoms with van der Waals surface area (Å²) in [5.74, 6) is 0. The van der Waals surface area contributed by atoms with Gasteiger partial charge in [0.1, 0.15) is 11.6 Å². The van der Waals surface area contributed by atoms with E-state index in [0.717, 1.165) is 4.96 Å². The molecular formula is C5H2N4S. The molecule has 0 saturated carbocycles. The fraction of sp³-hybridized carbons (Fsp3) is 0. The standard InChI is InChI=1S/C5H2N4S/c6-1-4-2-7-5-9(4)8-3-10-5/h2-3H. The van der Waals surface area contributed by atoms with Crippen molar-refractivity contribution >= 4 is 16.3 Å². The zero-order valence-corrected chi connectivity index (χ0v) is 5.67. The van der Waals surface area contributed by atoms with Crippen LogP contribution in [0.15, 0.2) is 11.7 Å². The van der Waals surface area contributed by atoms with Crippen LogP contribution < -0.4 is 0 Å². The lowest BCUT2D eigenvalue weighted by Crippen LogP contribution is -1.84. The third kappa shape index (κ3) is 0.537. The second-order valence-corrected chi connectivity index (χ2v) is 2.50. The van der Waals surface area contributed by atoms with Crippen LogP contribution in [0.3, 0.4) is 0 Å². The molecule has 2 aromatic heterocycles. The summed E-state index contributed by atoms with van der Waals surface area (Å²) in [4.78, 5) is 4.71. The average Bonchev–Trinajstić information content (AvgIpc) is 2.44. The SMILES string of the molecule is N#Cc1cnc2scnn12. The fourth-order valence-electron chi connectivity index (χ4n) is 0.715. The summed E-state index contributed by atoms with van der Waals surface area (Å²) < 4.78 is 1.52. The van der Waals surface area contributed by atoms with Gasteiger partial charge in [0.25, 0.3) is 0 Å². The van der Waals surface area contributed by atoms with Crippen molar-refractivity contribution in [3.8, 4) is 6.07 Å². The minimum absolute atomic E-state index is 0.483. The largest absolute Gasteiger partial charge is 0.225 e. The van der Waals surface area contributed by atoms with Crippen molar-refractivity contribution in [2.75, 3.05) is 0 Å². The van der Waals surface area contributed by atoms with Gasteiger partial charge in [0.05, 0.1) is 6.20 Å². The minimum Gasteiger partial charge on any atom is -0.225 e. The lowest BCUT2D eigenvalue weighted by Gasteiger charge is -1.77. The first-order valence-corrected chi connectivity index (χ1v) is 3.47. The van der Waals surface area contributed by atoms with Gasteiger partial charge in [-0.2, -0.15) is 14.9 Å². The zero-order valence-electron chi connectivity index (χ0n) is 4.85. The van der Waals surface area contributed by atoms with E-state index < -0.39 is 0 Å². The lowest BCUT2D eigenvalue weighted by atomic mass is 10.5. The average molecular weight is 150 g/mol. The van der Waals surface area contributed by atoms with Crippen molar-refractivity contribution in [1.82, 2.24) is 14.6 Å². The van der Waals surface area contributed by atoms with E-state index in [9.17, 15) is 0 Å². The quantitative estimate of drug-likeness (QED) is 0.554. The highest BCUT2D eigenvalue weighted by atomic mass is 32.1. The highest BCUT2D eigenvalue weighted by Gasteiger charge is 2.01. The summed E-state index contributed by atoms with van der Waals surface area (Å²) in [6.07, 6.45) is 1.51. The van der Waals surface area contributed by atoms with Crippen molar-refractivity contribution in [3.05, 3.63) is 17.4 Å². The van der Waals surface area contributed by atoms with Crippen molar-refractivity contribution in [3.63, 3.8) is 0 Å². The van der Waals surface area contributed by atoms with Crippen LogP contribution in [0.4, 0.5) is 0 Å². The number of hydrogen-bond acceptors (Lipinski definition) is 4. The molecule has 5 heteroatoms. The van der Waals surface area contributed by atoms with E-state index in [0.29, 0.717) is 5.69 Å². The Hall–Kier alpha value is -1.41. The molecule has 0 amide bonds. The molecule has 0 aliphatic rings. The number of rotatable bonds is 0. The Morgan fingerprint density at radius 2 is 2.60 bits per heavy atom. The summed E-state index contributed by atoms with van der Waals surface area (Å²) in [5.41, 5.74) is 2.14. The summed E-state index contributed by atoms with van der Waals surface area (Å²) in [6, 6.07) is 1.98. The van der Waals surface area contributed by atoms with E-state index >= 15 is 0 Å². The van der Waals surface area contributed by atoms with Gasteiger partial charge >= 0.3 is 0 Å². The first kappa shape index (κ1) is 5.38. The van der Waals surface area contributed by atoms with Crippen LogP contribution in [0.25, 0.3) is 4.96 Å². The predicted molar refractivity (Wildman–Crippen MR) is 35.6 cm³/mol. The molecule has 0 aromatic carbocycles. The summed E-state index contributed by atoms with van der Waals surface area (Å²) in [6.45, 7) is 0. The van der Waals surface area contributed by atoms with Crippen LogP contribution >= 0.6 is 11.3 Å². The Morgan fingerprint density at radius 1 is 1.70 bits per heavy atom. The van der Waals surface area contributed by atoms with Crippen LogP contribution in [-0.4, -0.2) is 14.6 Å². The Morgan fingerprint density at radius 3 is 3.40 bits per heavy atom. The molecule has 4 nitrogen and oxygen atoms in total. The maximum absolute atomic E-state index is 8.50. The molecule has 2 rings (SSSR count). The van der Waals surface area contributed by atoms with Crippen molar-refractivity contribution in [2.45, 2.75) is 0 Å². The Labute approximate surface area is 60.4 Å². The molecule has 0 fully saturated rings. The number of nitriles is 1.